The first-order chi connectivity index (χ1) is 9.12. The van der Waals surface area contributed by atoms with Crippen molar-refractivity contribution in [3.63, 3.8) is 0 Å². The Hall–Kier alpha value is -1.24. The number of alkyl halides is 3. The van der Waals surface area contributed by atoms with Crippen LogP contribution in [0.4, 0.5) is 18.9 Å². The van der Waals surface area contributed by atoms with Crippen molar-refractivity contribution in [2.45, 2.75) is 37.9 Å². The fourth-order valence-electron chi connectivity index (χ4n) is 1.74. The number of nitrogens with one attached hydrogen (secondary N) is 1. The Morgan fingerprint density at radius 3 is 2.25 bits per heavy atom. The predicted molar refractivity (Wildman–Crippen MR) is 75.3 cm³/mol. The molecule has 112 valence electrons. The molecule has 0 bridgehead atoms. The largest absolute Gasteiger partial charge is 0.389 e. The topological polar surface area (TPSA) is 55.1 Å². The van der Waals surface area contributed by atoms with Gasteiger partial charge in [0.05, 0.1) is 0 Å². The van der Waals surface area contributed by atoms with Gasteiger partial charge in [0.2, 0.25) is 5.91 Å². The molecule has 3 nitrogen and oxygen atoms in total. The van der Waals surface area contributed by atoms with Crippen LogP contribution in [0.15, 0.2) is 28.7 Å². The van der Waals surface area contributed by atoms with Crippen molar-refractivity contribution in [3.05, 3.63) is 28.7 Å². The van der Waals surface area contributed by atoms with Gasteiger partial charge in [0.15, 0.2) is 0 Å². The van der Waals surface area contributed by atoms with Gasteiger partial charge in [-0.1, -0.05) is 15.9 Å². The lowest BCUT2D eigenvalue weighted by Gasteiger charge is -2.29. The Kier molecular flexibility index (Phi) is 5.44. The van der Waals surface area contributed by atoms with Crippen molar-refractivity contribution in [3.8, 4) is 0 Å². The summed E-state index contributed by atoms with van der Waals surface area (Å²) < 4.78 is 37.3. The molecule has 1 amide bonds. The van der Waals surface area contributed by atoms with E-state index in [4.69, 9.17) is 5.73 Å². The van der Waals surface area contributed by atoms with Crippen LogP contribution in [0.1, 0.15) is 26.2 Å². The number of amides is 1. The minimum atomic E-state index is -4.23. The summed E-state index contributed by atoms with van der Waals surface area (Å²) in [5.74, 6) is -0.678. The van der Waals surface area contributed by atoms with E-state index in [1.54, 1.807) is 24.3 Å². The Morgan fingerprint density at radius 1 is 1.25 bits per heavy atom. The van der Waals surface area contributed by atoms with Gasteiger partial charge >= 0.3 is 6.18 Å². The summed E-state index contributed by atoms with van der Waals surface area (Å²) in [6, 6.07) is 6.96. The molecule has 0 aliphatic heterocycles. The van der Waals surface area contributed by atoms with Crippen LogP contribution in [0.3, 0.4) is 0 Å². The maximum absolute atomic E-state index is 12.2. The van der Waals surface area contributed by atoms with Crippen molar-refractivity contribution >= 4 is 27.5 Å². The summed E-state index contributed by atoms with van der Waals surface area (Å²) >= 11 is 3.27. The summed E-state index contributed by atoms with van der Waals surface area (Å²) in [6.45, 7) is 1.51. The summed E-state index contributed by atoms with van der Waals surface area (Å²) in [4.78, 5) is 11.5. The quantitative estimate of drug-likeness (QED) is 0.817. The van der Waals surface area contributed by atoms with E-state index in [0.29, 0.717) is 5.69 Å². The number of nitrogens with two attached hydrogens (primary N) is 1. The van der Waals surface area contributed by atoms with Crippen molar-refractivity contribution in [1.82, 2.24) is 0 Å². The molecule has 20 heavy (non-hydrogen) atoms. The lowest BCUT2D eigenvalue weighted by molar-refractivity contribution is -0.137. The predicted octanol–water partition coefficient (Wildman–Crippen LogP) is 3.84. The highest BCUT2D eigenvalue weighted by molar-refractivity contribution is 9.10. The van der Waals surface area contributed by atoms with E-state index >= 15 is 0 Å². The molecule has 0 aromatic heterocycles. The van der Waals surface area contributed by atoms with Gasteiger partial charge in [-0.3, -0.25) is 4.79 Å². The Balaban J connectivity index is 2.71. The zero-order chi connectivity index (χ0) is 15.4. The maximum atomic E-state index is 12.2. The molecular formula is C13H16BrF3N2O. The number of benzene rings is 1. The molecule has 7 heteroatoms. The van der Waals surface area contributed by atoms with Crippen molar-refractivity contribution in [1.29, 1.82) is 0 Å². The van der Waals surface area contributed by atoms with Crippen LogP contribution < -0.4 is 11.1 Å². The van der Waals surface area contributed by atoms with Crippen molar-refractivity contribution in [2.24, 2.45) is 5.73 Å². The second kappa shape index (κ2) is 6.47. The molecule has 1 unspecified atom stereocenters. The van der Waals surface area contributed by atoms with Gasteiger partial charge in [0, 0.05) is 16.6 Å². The lowest BCUT2D eigenvalue weighted by Crippen LogP contribution is -2.48. The molecule has 0 fully saturated rings. The number of anilines is 1. The SMILES string of the molecule is CC(CCCC(F)(F)F)(Nc1ccc(Br)cc1)C(N)=O. The second-order valence-electron chi connectivity index (χ2n) is 4.80. The molecule has 0 radical (unpaired) electrons. The smallest absolute Gasteiger partial charge is 0.371 e. The third-order valence-corrected chi connectivity index (χ3v) is 3.47. The molecule has 1 aromatic rings. The lowest BCUT2D eigenvalue weighted by atomic mass is 9.93. The van der Waals surface area contributed by atoms with Gasteiger partial charge in [-0.25, -0.2) is 0 Å². The highest BCUT2D eigenvalue weighted by Crippen LogP contribution is 2.27. The molecule has 0 aliphatic carbocycles. The van der Waals surface area contributed by atoms with E-state index in [9.17, 15) is 18.0 Å². The number of primary amides is 1. The number of hydrogen-bond acceptors (Lipinski definition) is 2. The van der Waals surface area contributed by atoms with E-state index in [-0.39, 0.29) is 12.8 Å². The number of carbonyl (C=O) groups excluding carboxylic acids is 1. The Labute approximate surface area is 123 Å². The second-order valence-corrected chi connectivity index (χ2v) is 5.71. The summed E-state index contributed by atoms with van der Waals surface area (Å²) in [5.41, 5.74) is 4.72. The first kappa shape index (κ1) is 16.8. The minimum Gasteiger partial charge on any atom is -0.371 e. The van der Waals surface area contributed by atoms with Crippen molar-refractivity contribution < 1.29 is 18.0 Å². The van der Waals surface area contributed by atoms with Gasteiger partial charge < -0.3 is 11.1 Å². The molecule has 0 saturated heterocycles. The first-order valence-corrected chi connectivity index (χ1v) is 6.82. The number of rotatable bonds is 6. The third-order valence-electron chi connectivity index (χ3n) is 2.95. The molecule has 3 N–H and O–H groups in total. The summed E-state index contributed by atoms with van der Waals surface area (Å²) in [5, 5.41) is 2.91. The molecule has 0 heterocycles. The highest BCUT2D eigenvalue weighted by atomic mass is 79.9. The average Bonchev–Trinajstić information content (AvgIpc) is 2.30. The van der Waals surface area contributed by atoms with E-state index in [2.05, 4.69) is 21.2 Å². The van der Waals surface area contributed by atoms with Gasteiger partial charge in [-0.2, -0.15) is 13.2 Å². The number of hydrogen-bond donors (Lipinski definition) is 2. The fraction of sp³-hybridized carbons (Fsp3) is 0.462. The molecular weight excluding hydrogens is 337 g/mol. The zero-order valence-corrected chi connectivity index (χ0v) is 12.5. The van der Waals surface area contributed by atoms with Crippen LogP contribution in [0.2, 0.25) is 0 Å². The molecule has 0 aliphatic rings. The monoisotopic (exact) mass is 352 g/mol. The summed E-state index contributed by atoms with van der Waals surface area (Å²) in [6.07, 6.45) is -5.31. The molecule has 1 atom stereocenters. The Morgan fingerprint density at radius 2 is 1.80 bits per heavy atom. The third kappa shape index (κ3) is 5.40. The van der Waals surface area contributed by atoms with Crippen LogP contribution in [-0.2, 0) is 4.79 Å². The van der Waals surface area contributed by atoms with Crippen LogP contribution in [-0.4, -0.2) is 17.6 Å². The van der Waals surface area contributed by atoms with Gasteiger partial charge in [0.25, 0.3) is 0 Å². The summed E-state index contributed by atoms with van der Waals surface area (Å²) in [7, 11) is 0. The van der Waals surface area contributed by atoms with Crippen LogP contribution in [0.5, 0.6) is 0 Å². The van der Waals surface area contributed by atoms with Gasteiger partial charge in [-0.15, -0.1) is 0 Å². The Bertz CT molecular complexity index is 462. The van der Waals surface area contributed by atoms with E-state index < -0.39 is 24.0 Å². The maximum Gasteiger partial charge on any atom is 0.389 e. The van der Waals surface area contributed by atoms with Crippen LogP contribution in [0, 0.1) is 0 Å². The van der Waals surface area contributed by atoms with Gasteiger partial charge in [-0.05, 0) is 44.0 Å². The zero-order valence-electron chi connectivity index (χ0n) is 10.9. The normalized spacial score (nSPS) is 14.7. The number of carbonyl (C=O) groups is 1. The average molecular weight is 353 g/mol. The van der Waals surface area contributed by atoms with E-state index in [1.165, 1.54) is 6.92 Å². The number of halogens is 4. The fourth-order valence-corrected chi connectivity index (χ4v) is 2.01. The van der Waals surface area contributed by atoms with Crippen molar-refractivity contribution in [2.75, 3.05) is 5.32 Å². The van der Waals surface area contributed by atoms with E-state index in [1.807, 2.05) is 0 Å². The highest BCUT2D eigenvalue weighted by Gasteiger charge is 2.33. The van der Waals surface area contributed by atoms with Crippen LogP contribution >= 0.6 is 15.9 Å². The minimum absolute atomic E-state index is 0.0118. The molecule has 0 saturated carbocycles. The molecule has 1 aromatic carbocycles. The first-order valence-electron chi connectivity index (χ1n) is 6.03. The molecule has 1 rings (SSSR count). The molecule has 0 spiro atoms. The van der Waals surface area contributed by atoms with Gasteiger partial charge in [0.1, 0.15) is 5.54 Å². The van der Waals surface area contributed by atoms with Crippen LogP contribution in [0.25, 0.3) is 0 Å². The standard InChI is InChI=1S/C13H16BrF3N2O/c1-12(11(18)20,7-2-8-13(15,16)17)19-10-5-3-9(14)4-6-10/h3-6,19H,2,7-8H2,1H3,(H2,18,20). The van der Waals surface area contributed by atoms with E-state index in [0.717, 1.165) is 4.47 Å².